The molecule has 2 unspecified atom stereocenters. The maximum atomic E-state index is 12.2. The van der Waals surface area contributed by atoms with E-state index in [9.17, 15) is 14.4 Å². The molecule has 2 aliphatic rings. The third-order valence-electron chi connectivity index (χ3n) is 6.34. The highest BCUT2D eigenvalue weighted by molar-refractivity contribution is 6.22. The maximum Gasteiger partial charge on any atom is 0.330 e. The normalized spacial score (nSPS) is 22.5. The van der Waals surface area contributed by atoms with Crippen molar-refractivity contribution in [2.75, 3.05) is 0 Å². The molecule has 1 fully saturated rings. The predicted octanol–water partition coefficient (Wildman–Crippen LogP) is 5.42. The highest BCUT2D eigenvalue weighted by atomic mass is 16.5. The number of hydrogen-bond donors (Lipinski definition) is 0. The van der Waals surface area contributed by atoms with E-state index in [0.29, 0.717) is 11.1 Å². The lowest BCUT2D eigenvalue weighted by Gasteiger charge is -2.45. The van der Waals surface area contributed by atoms with Crippen LogP contribution in [-0.4, -0.2) is 23.6 Å². The Morgan fingerprint density at radius 3 is 2.50 bits per heavy atom. The van der Waals surface area contributed by atoms with E-state index >= 15 is 0 Å². The maximum absolute atomic E-state index is 12.2. The summed E-state index contributed by atoms with van der Waals surface area (Å²) in [5.74, 6) is -0.339. The minimum absolute atomic E-state index is 0.125. The first-order valence-corrected chi connectivity index (χ1v) is 10.5. The first-order valence-electron chi connectivity index (χ1n) is 10.5. The molecule has 2 aliphatic carbocycles. The summed E-state index contributed by atoms with van der Waals surface area (Å²) in [5, 5.41) is 0. The number of ketones is 2. The van der Waals surface area contributed by atoms with E-state index in [0.717, 1.165) is 36.8 Å². The molecule has 0 spiro atoms. The van der Waals surface area contributed by atoms with Gasteiger partial charge in [-0.3, -0.25) is 9.59 Å². The lowest BCUT2D eigenvalue weighted by molar-refractivity contribution is -0.153. The number of benzene rings is 1. The van der Waals surface area contributed by atoms with Gasteiger partial charge in [0.2, 0.25) is 0 Å². The van der Waals surface area contributed by atoms with E-state index in [1.807, 2.05) is 26.0 Å². The van der Waals surface area contributed by atoms with Crippen molar-refractivity contribution in [3.63, 3.8) is 0 Å². The Labute approximate surface area is 178 Å². The molecular weight excluding hydrogens is 376 g/mol. The van der Waals surface area contributed by atoms with E-state index in [4.69, 9.17) is 4.74 Å². The van der Waals surface area contributed by atoms with Crippen molar-refractivity contribution in [3.05, 3.63) is 70.8 Å². The Hall–Kier alpha value is -2.75. The van der Waals surface area contributed by atoms with Gasteiger partial charge in [0.05, 0.1) is 0 Å². The molecule has 0 aromatic heterocycles. The molecular formula is C26H30O4. The largest absolute Gasteiger partial charge is 0.459 e. The molecule has 158 valence electrons. The molecule has 1 saturated carbocycles. The number of ether oxygens (including phenoxy) is 1. The fourth-order valence-electron chi connectivity index (χ4n) is 4.62. The lowest BCUT2D eigenvalue weighted by atomic mass is 9.63. The Bertz CT molecular complexity index is 957. The van der Waals surface area contributed by atoms with Gasteiger partial charge in [-0.1, -0.05) is 43.7 Å². The standard InChI is InChI=1S/C26H30O4/c1-16(2)14-25(29)30-24-13-6-17(3)21(26(24,4)5)10-8-18-7-9-19-20(15-18)23(28)12-11-22(19)27/h7,9,11-12,14-15,21,24H,3,6,8,10,13H2,1-2,4-5H3. The summed E-state index contributed by atoms with van der Waals surface area (Å²) in [4.78, 5) is 36.3. The smallest absolute Gasteiger partial charge is 0.330 e. The zero-order valence-corrected chi connectivity index (χ0v) is 18.3. The molecule has 30 heavy (non-hydrogen) atoms. The van der Waals surface area contributed by atoms with Crippen molar-refractivity contribution >= 4 is 17.5 Å². The van der Waals surface area contributed by atoms with Crippen LogP contribution in [0.25, 0.3) is 0 Å². The summed E-state index contributed by atoms with van der Waals surface area (Å²) < 4.78 is 5.80. The third kappa shape index (κ3) is 4.53. The number of carbonyl (C=O) groups is 3. The number of aryl methyl sites for hydroxylation is 1. The van der Waals surface area contributed by atoms with Crippen LogP contribution in [0.5, 0.6) is 0 Å². The summed E-state index contributed by atoms with van der Waals surface area (Å²) in [6.07, 6.45) is 7.27. The second-order valence-corrected chi connectivity index (χ2v) is 9.20. The average Bonchev–Trinajstić information content (AvgIpc) is 2.66. The molecule has 0 N–H and O–H groups in total. The number of esters is 1. The second kappa shape index (κ2) is 8.55. The second-order valence-electron chi connectivity index (χ2n) is 9.20. The Morgan fingerprint density at radius 2 is 1.83 bits per heavy atom. The van der Waals surface area contributed by atoms with Crippen molar-refractivity contribution < 1.29 is 19.1 Å². The van der Waals surface area contributed by atoms with E-state index in [2.05, 4.69) is 20.4 Å². The van der Waals surface area contributed by atoms with Crippen molar-refractivity contribution in [1.82, 2.24) is 0 Å². The van der Waals surface area contributed by atoms with E-state index in [1.165, 1.54) is 23.8 Å². The van der Waals surface area contributed by atoms with Gasteiger partial charge in [-0.15, -0.1) is 0 Å². The number of allylic oxidation sites excluding steroid dienone is 4. The topological polar surface area (TPSA) is 60.4 Å². The monoisotopic (exact) mass is 406 g/mol. The van der Waals surface area contributed by atoms with Gasteiger partial charge >= 0.3 is 5.97 Å². The molecule has 2 atom stereocenters. The molecule has 0 heterocycles. The van der Waals surface area contributed by atoms with Crippen LogP contribution in [0.1, 0.15) is 73.2 Å². The van der Waals surface area contributed by atoms with E-state index in [-0.39, 0.29) is 35.0 Å². The van der Waals surface area contributed by atoms with Crippen molar-refractivity contribution in [2.45, 2.75) is 59.5 Å². The molecule has 1 aromatic rings. The average molecular weight is 407 g/mol. The molecule has 0 saturated heterocycles. The van der Waals surface area contributed by atoms with Gasteiger partial charge in [-0.05, 0) is 69.2 Å². The van der Waals surface area contributed by atoms with Crippen molar-refractivity contribution in [2.24, 2.45) is 11.3 Å². The summed E-state index contributed by atoms with van der Waals surface area (Å²) >= 11 is 0. The van der Waals surface area contributed by atoms with Crippen LogP contribution >= 0.6 is 0 Å². The Kier molecular flexibility index (Phi) is 6.25. The Balaban J connectivity index is 1.74. The fourth-order valence-corrected chi connectivity index (χ4v) is 4.62. The molecule has 0 aliphatic heterocycles. The molecule has 0 bridgehead atoms. The molecule has 0 radical (unpaired) electrons. The zero-order chi connectivity index (χ0) is 22.1. The van der Waals surface area contributed by atoms with Gasteiger partial charge in [0.25, 0.3) is 0 Å². The summed E-state index contributed by atoms with van der Waals surface area (Å²) in [6.45, 7) is 12.3. The fraction of sp³-hybridized carbons (Fsp3) is 0.423. The number of carbonyl (C=O) groups excluding carboxylic acids is 3. The summed E-state index contributed by atoms with van der Waals surface area (Å²) in [6, 6.07) is 5.51. The predicted molar refractivity (Wildman–Crippen MR) is 118 cm³/mol. The molecule has 3 rings (SSSR count). The van der Waals surface area contributed by atoms with Crippen LogP contribution in [0, 0.1) is 11.3 Å². The lowest BCUT2D eigenvalue weighted by Crippen LogP contribution is -2.44. The first-order chi connectivity index (χ1) is 14.1. The van der Waals surface area contributed by atoms with Gasteiger partial charge < -0.3 is 4.74 Å². The summed E-state index contributed by atoms with van der Waals surface area (Å²) in [5.41, 5.74) is 3.85. The summed E-state index contributed by atoms with van der Waals surface area (Å²) in [7, 11) is 0. The van der Waals surface area contributed by atoms with Crippen LogP contribution < -0.4 is 0 Å². The Morgan fingerprint density at radius 1 is 1.17 bits per heavy atom. The zero-order valence-electron chi connectivity index (χ0n) is 18.3. The van der Waals surface area contributed by atoms with Gasteiger partial charge in [0, 0.05) is 22.6 Å². The van der Waals surface area contributed by atoms with E-state index < -0.39 is 0 Å². The van der Waals surface area contributed by atoms with E-state index in [1.54, 1.807) is 6.07 Å². The van der Waals surface area contributed by atoms with Crippen LogP contribution in [0.4, 0.5) is 0 Å². The molecule has 4 heteroatoms. The molecule has 4 nitrogen and oxygen atoms in total. The minimum atomic E-state index is -0.287. The van der Waals surface area contributed by atoms with Crippen molar-refractivity contribution in [1.29, 1.82) is 0 Å². The first kappa shape index (κ1) is 21.9. The van der Waals surface area contributed by atoms with Gasteiger partial charge in [0.15, 0.2) is 11.6 Å². The number of fused-ring (bicyclic) bond motifs is 1. The van der Waals surface area contributed by atoms with Crippen LogP contribution in [0.2, 0.25) is 0 Å². The van der Waals surface area contributed by atoms with Gasteiger partial charge in [0.1, 0.15) is 6.10 Å². The third-order valence-corrected chi connectivity index (χ3v) is 6.34. The number of hydrogen-bond acceptors (Lipinski definition) is 4. The van der Waals surface area contributed by atoms with Gasteiger partial charge in [-0.25, -0.2) is 4.79 Å². The highest BCUT2D eigenvalue weighted by Crippen LogP contribution is 2.47. The van der Waals surface area contributed by atoms with Crippen LogP contribution in [0.15, 0.2) is 54.2 Å². The SMILES string of the molecule is C=C1CCC(OC(=O)C=C(C)C)C(C)(C)C1CCc1ccc2c(c1)C(=O)C=CC2=O. The van der Waals surface area contributed by atoms with Crippen molar-refractivity contribution in [3.8, 4) is 0 Å². The van der Waals surface area contributed by atoms with Gasteiger partial charge in [-0.2, -0.15) is 0 Å². The minimum Gasteiger partial charge on any atom is -0.459 e. The van der Waals surface area contributed by atoms with Crippen LogP contribution in [0.3, 0.4) is 0 Å². The number of rotatable bonds is 5. The molecule has 0 amide bonds. The highest BCUT2D eigenvalue weighted by Gasteiger charge is 2.43. The van der Waals surface area contributed by atoms with Crippen LogP contribution in [-0.2, 0) is 16.0 Å². The molecule has 1 aromatic carbocycles. The quantitative estimate of drug-likeness (QED) is 0.372.